The van der Waals surface area contributed by atoms with Gasteiger partial charge in [0.2, 0.25) is 5.91 Å². The van der Waals surface area contributed by atoms with E-state index in [1.807, 2.05) is 13.0 Å². The second kappa shape index (κ2) is 10.4. The highest BCUT2D eigenvalue weighted by Gasteiger charge is 2.53. The minimum Gasteiger partial charge on any atom is -0.392 e. The number of thiazole rings is 1. The molecule has 184 valence electrons. The van der Waals surface area contributed by atoms with Crippen LogP contribution in [0.2, 0.25) is 0 Å². The number of aliphatic hydroxyl groups excluding tert-OH is 1. The molecule has 33 heavy (non-hydrogen) atoms. The molecule has 0 unspecified atom stereocenters. The van der Waals surface area contributed by atoms with Crippen molar-refractivity contribution in [1.82, 2.24) is 10.3 Å². The maximum atomic E-state index is 13.0. The van der Waals surface area contributed by atoms with Gasteiger partial charge in [0.05, 0.1) is 38.1 Å². The van der Waals surface area contributed by atoms with Crippen LogP contribution in [0.3, 0.4) is 0 Å². The van der Waals surface area contributed by atoms with Gasteiger partial charge in [-0.05, 0) is 36.5 Å². The molecule has 3 aliphatic rings. The summed E-state index contributed by atoms with van der Waals surface area (Å²) in [4.78, 5) is 20.7. The van der Waals surface area contributed by atoms with Gasteiger partial charge < -0.3 is 25.4 Å². The summed E-state index contributed by atoms with van der Waals surface area (Å²) >= 11 is 1.74. The van der Waals surface area contributed by atoms with Crippen molar-refractivity contribution in [3.05, 3.63) is 23.2 Å². The number of hydrogen-bond acceptors (Lipinski definition) is 6. The van der Waals surface area contributed by atoms with Gasteiger partial charge in [0, 0.05) is 23.3 Å². The zero-order chi connectivity index (χ0) is 23.6. The Bertz CT molecular complexity index is 840. The van der Waals surface area contributed by atoms with Gasteiger partial charge in [-0.2, -0.15) is 0 Å². The smallest absolute Gasteiger partial charge is 0.223 e. The third-order valence-electron chi connectivity index (χ3n) is 8.35. The van der Waals surface area contributed by atoms with E-state index in [0.29, 0.717) is 13.1 Å². The first-order valence-electron chi connectivity index (χ1n) is 12.6. The summed E-state index contributed by atoms with van der Waals surface area (Å²) in [6.07, 6.45) is 4.22. The predicted molar refractivity (Wildman–Crippen MR) is 132 cm³/mol. The summed E-state index contributed by atoms with van der Waals surface area (Å²) in [5.74, 6) is 0.153. The van der Waals surface area contributed by atoms with Crippen molar-refractivity contribution >= 4 is 22.4 Å². The Morgan fingerprint density at radius 1 is 1.45 bits per heavy atom. The third kappa shape index (κ3) is 5.14. The molecular weight excluding hydrogens is 436 g/mol. The maximum Gasteiger partial charge on any atom is 0.223 e. The van der Waals surface area contributed by atoms with Gasteiger partial charge >= 0.3 is 0 Å². The van der Waals surface area contributed by atoms with E-state index in [9.17, 15) is 9.90 Å². The summed E-state index contributed by atoms with van der Waals surface area (Å²) in [5.41, 5.74) is 1.17. The number of amides is 1. The number of carbonyl (C=O) groups is 1. The van der Waals surface area contributed by atoms with E-state index in [1.54, 1.807) is 11.3 Å². The van der Waals surface area contributed by atoms with Crippen LogP contribution in [0.4, 0.5) is 5.13 Å². The predicted octanol–water partition coefficient (Wildman–Crippen LogP) is 1.46. The highest BCUT2D eigenvalue weighted by atomic mass is 32.1. The minimum atomic E-state index is -0.496. The lowest BCUT2D eigenvalue weighted by atomic mass is 9.53. The molecule has 0 spiro atoms. The van der Waals surface area contributed by atoms with Crippen LogP contribution in [0.5, 0.6) is 0 Å². The van der Waals surface area contributed by atoms with Gasteiger partial charge in [0.15, 0.2) is 5.13 Å². The SMILES string of the molecule is C=CCNc1nc2c(s1)C[C@]1(C)CC[C@H]([C@H](C)C(=O)NCC[NH+]3CCOCC3)[C@H](O)[C@H]1[C@@H]2C. The van der Waals surface area contributed by atoms with Crippen LogP contribution in [-0.4, -0.2) is 68.0 Å². The van der Waals surface area contributed by atoms with Crippen molar-refractivity contribution in [2.75, 3.05) is 51.3 Å². The number of aromatic nitrogens is 1. The largest absolute Gasteiger partial charge is 0.392 e. The summed E-state index contributed by atoms with van der Waals surface area (Å²) in [7, 11) is 0. The van der Waals surface area contributed by atoms with Crippen molar-refractivity contribution in [2.45, 2.75) is 52.1 Å². The molecule has 4 rings (SSSR count). The van der Waals surface area contributed by atoms with E-state index in [2.05, 4.69) is 31.1 Å². The summed E-state index contributed by atoms with van der Waals surface area (Å²) in [6.45, 7) is 16.2. The molecule has 0 radical (unpaired) electrons. The van der Waals surface area contributed by atoms with E-state index in [1.165, 1.54) is 9.78 Å². The van der Waals surface area contributed by atoms with Crippen molar-refractivity contribution in [1.29, 1.82) is 0 Å². The van der Waals surface area contributed by atoms with Crippen LogP contribution >= 0.6 is 11.3 Å². The molecule has 1 aromatic heterocycles. The van der Waals surface area contributed by atoms with Crippen molar-refractivity contribution < 1.29 is 19.5 Å². The van der Waals surface area contributed by atoms with Crippen LogP contribution in [0.1, 0.15) is 50.1 Å². The first-order valence-corrected chi connectivity index (χ1v) is 13.4. The number of hydrogen-bond donors (Lipinski definition) is 4. The zero-order valence-corrected chi connectivity index (χ0v) is 21.2. The first-order chi connectivity index (χ1) is 15.8. The number of anilines is 1. The van der Waals surface area contributed by atoms with Crippen LogP contribution < -0.4 is 15.5 Å². The molecule has 8 heteroatoms. The topological polar surface area (TPSA) is 87.9 Å². The number of carbonyl (C=O) groups excluding carboxylic acids is 1. The lowest BCUT2D eigenvalue weighted by Gasteiger charge is -2.53. The van der Waals surface area contributed by atoms with Gasteiger partial charge in [-0.25, -0.2) is 4.98 Å². The summed E-state index contributed by atoms with van der Waals surface area (Å²) in [5, 5.41) is 19.0. The molecule has 0 aromatic carbocycles. The molecule has 1 saturated carbocycles. The lowest BCUT2D eigenvalue weighted by molar-refractivity contribution is -0.906. The van der Waals surface area contributed by atoms with E-state index in [4.69, 9.17) is 9.72 Å². The van der Waals surface area contributed by atoms with Gasteiger partial charge in [0.1, 0.15) is 13.1 Å². The normalized spacial score (nSPS) is 33.0. The molecule has 0 bridgehead atoms. The highest BCUT2D eigenvalue weighted by Crippen LogP contribution is 2.57. The average Bonchev–Trinajstić information content (AvgIpc) is 3.20. The lowest BCUT2D eigenvalue weighted by Crippen LogP contribution is -3.14. The van der Waals surface area contributed by atoms with Crippen molar-refractivity contribution in [3.63, 3.8) is 0 Å². The number of aliphatic hydroxyl groups is 1. The molecular formula is C25H41N4O3S+. The molecule has 1 amide bonds. The standard InChI is InChI=1S/C25H40N4O3S/c1-5-8-27-24-28-21-17(3)20-22(30)18(6-7-25(20,4)15-19(21)33-24)16(2)23(31)26-9-10-29-11-13-32-14-12-29/h5,16-18,20,22,30H,1,6-15H2,2-4H3,(H,26,31)(H,27,28)/p+1/t16-,17-,18+,20+,22-,25-/m0/s1. The molecule has 1 saturated heterocycles. The number of fused-ring (bicyclic) bond motifs is 2. The maximum absolute atomic E-state index is 13.0. The van der Waals surface area contributed by atoms with Gasteiger partial charge in [-0.3, -0.25) is 4.79 Å². The second-order valence-electron chi connectivity index (χ2n) is 10.5. The van der Waals surface area contributed by atoms with Gasteiger partial charge in [-0.15, -0.1) is 17.9 Å². The Kier molecular flexibility index (Phi) is 7.78. The Morgan fingerprint density at radius 3 is 2.94 bits per heavy atom. The number of quaternary nitrogens is 1. The fourth-order valence-electron chi connectivity index (χ4n) is 6.41. The Morgan fingerprint density at radius 2 is 2.21 bits per heavy atom. The van der Waals surface area contributed by atoms with Crippen LogP contribution in [0.25, 0.3) is 0 Å². The summed E-state index contributed by atoms with van der Waals surface area (Å²) < 4.78 is 5.41. The summed E-state index contributed by atoms with van der Waals surface area (Å²) in [6, 6.07) is 0. The molecule has 6 atom stereocenters. The quantitative estimate of drug-likeness (QED) is 0.426. The number of ether oxygens (including phenoxy) is 1. The number of nitrogens with zero attached hydrogens (tertiary/aromatic N) is 1. The molecule has 1 aromatic rings. The van der Waals surface area contributed by atoms with E-state index < -0.39 is 6.10 Å². The monoisotopic (exact) mass is 477 g/mol. The number of rotatable bonds is 8. The van der Waals surface area contributed by atoms with Crippen molar-refractivity contribution in [3.8, 4) is 0 Å². The Hall–Kier alpha value is -1.48. The number of morpholine rings is 1. The molecule has 1 aliphatic heterocycles. The fraction of sp³-hybridized carbons (Fsp3) is 0.760. The molecule has 7 nitrogen and oxygen atoms in total. The van der Waals surface area contributed by atoms with Crippen LogP contribution in [0, 0.1) is 23.2 Å². The van der Waals surface area contributed by atoms with Gasteiger partial charge in [0.25, 0.3) is 0 Å². The first kappa shape index (κ1) is 24.6. The van der Waals surface area contributed by atoms with E-state index in [0.717, 1.165) is 62.9 Å². The molecule has 2 heterocycles. The molecule has 4 N–H and O–H groups in total. The number of nitrogens with one attached hydrogen (secondary N) is 3. The molecule has 2 aliphatic carbocycles. The van der Waals surface area contributed by atoms with Gasteiger partial charge in [-0.1, -0.05) is 26.8 Å². The minimum absolute atomic E-state index is 0.0141. The van der Waals surface area contributed by atoms with Crippen LogP contribution in [-0.2, 0) is 16.0 Å². The Balaban J connectivity index is 1.39. The van der Waals surface area contributed by atoms with E-state index >= 15 is 0 Å². The average molecular weight is 478 g/mol. The third-order valence-corrected chi connectivity index (χ3v) is 9.38. The second-order valence-corrected chi connectivity index (χ2v) is 11.6. The molecule has 2 fully saturated rings. The zero-order valence-electron chi connectivity index (χ0n) is 20.4. The highest BCUT2D eigenvalue weighted by molar-refractivity contribution is 7.15. The van der Waals surface area contributed by atoms with Crippen molar-refractivity contribution in [2.24, 2.45) is 23.2 Å². The van der Waals surface area contributed by atoms with Crippen LogP contribution in [0.15, 0.2) is 12.7 Å². The Labute approximate surface area is 202 Å². The van der Waals surface area contributed by atoms with E-state index in [-0.39, 0.29) is 35.0 Å². The fourth-order valence-corrected chi connectivity index (χ4v) is 7.68.